The van der Waals surface area contributed by atoms with Gasteiger partial charge in [0.15, 0.2) is 0 Å². The van der Waals surface area contributed by atoms with Gasteiger partial charge in [0.1, 0.15) is 6.10 Å². The molecule has 1 fully saturated rings. The molecule has 1 N–H and O–H groups in total. The number of pyridine rings is 1. The van der Waals surface area contributed by atoms with Gasteiger partial charge in [-0.2, -0.15) is 0 Å². The summed E-state index contributed by atoms with van der Waals surface area (Å²) in [5.41, 5.74) is 0.981. The van der Waals surface area contributed by atoms with Gasteiger partial charge in [0.25, 0.3) is 0 Å². The maximum Gasteiger partial charge on any atom is 0.228 e. The maximum atomic E-state index is 5.77. The van der Waals surface area contributed by atoms with Crippen LogP contribution in [-0.2, 0) is 0 Å². The summed E-state index contributed by atoms with van der Waals surface area (Å²) in [6, 6.07) is 3.93. The Kier molecular flexibility index (Phi) is 3.03. The molecule has 3 nitrogen and oxygen atoms in total. The first-order valence-electron chi connectivity index (χ1n) is 4.76. The molecular weight excluding hydrogens is 244 g/mol. The van der Waals surface area contributed by atoms with E-state index >= 15 is 0 Å². The summed E-state index contributed by atoms with van der Waals surface area (Å²) in [7, 11) is 0. The van der Waals surface area contributed by atoms with Crippen molar-refractivity contribution in [2.24, 2.45) is 0 Å². The van der Waals surface area contributed by atoms with Crippen LogP contribution in [0.1, 0.15) is 12.1 Å². The van der Waals surface area contributed by atoms with Crippen molar-refractivity contribution in [3.63, 3.8) is 0 Å². The first kappa shape index (κ1) is 9.93. The van der Waals surface area contributed by atoms with Crippen molar-refractivity contribution in [2.45, 2.75) is 19.4 Å². The lowest BCUT2D eigenvalue weighted by Crippen LogP contribution is -2.20. The Morgan fingerprint density at radius 3 is 3.14 bits per heavy atom. The molecule has 1 atom stereocenters. The van der Waals surface area contributed by atoms with Gasteiger partial charge < -0.3 is 10.1 Å². The van der Waals surface area contributed by atoms with Crippen molar-refractivity contribution in [2.75, 3.05) is 13.1 Å². The molecule has 4 heteroatoms. The van der Waals surface area contributed by atoms with E-state index in [-0.39, 0.29) is 6.10 Å². The van der Waals surface area contributed by atoms with Gasteiger partial charge >= 0.3 is 0 Å². The second-order valence-electron chi connectivity index (χ2n) is 3.47. The Balaban J connectivity index is 2.10. The molecule has 14 heavy (non-hydrogen) atoms. The number of aryl methyl sites for hydroxylation is 1. The van der Waals surface area contributed by atoms with Crippen LogP contribution < -0.4 is 10.1 Å². The van der Waals surface area contributed by atoms with Crippen molar-refractivity contribution in [3.8, 4) is 5.88 Å². The molecule has 2 rings (SSSR count). The third-order valence-electron chi connectivity index (χ3n) is 2.25. The van der Waals surface area contributed by atoms with Crippen LogP contribution in [0.2, 0.25) is 0 Å². The largest absolute Gasteiger partial charge is 0.472 e. The minimum absolute atomic E-state index is 0.264. The van der Waals surface area contributed by atoms with Crippen LogP contribution in [0.5, 0.6) is 5.88 Å². The smallest absolute Gasteiger partial charge is 0.228 e. The van der Waals surface area contributed by atoms with Gasteiger partial charge in [-0.3, -0.25) is 0 Å². The first-order chi connectivity index (χ1) is 6.75. The average molecular weight is 257 g/mol. The van der Waals surface area contributed by atoms with Gasteiger partial charge in [-0.1, -0.05) is 0 Å². The summed E-state index contributed by atoms with van der Waals surface area (Å²) in [5.74, 6) is 0.707. The zero-order valence-corrected chi connectivity index (χ0v) is 9.67. The lowest BCUT2D eigenvalue weighted by molar-refractivity contribution is 0.212. The molecule has 1 aromatic heterocycles. The molecule has 1 aliphatic rings. The second kappa shape index (κ2) is 4.28. The summed E-state index contributed by atoms with van der Waals surface area (Å²) < 4.78 is 6.69. The number of aromatic nitrogens is 1. The molecule has 1 aliphatic heterocycles. The zero-order valence-electron chi connectivity index (χ0n) is 8.09. The van der Waals surface area contributed by atoms with Gasteiger partial charge in [0.05, 0.1) is 4.47 Å². The molecule has 0 spiro atoms. The number of hydrogen-bond donors (Lipinski definition) is 1. The highest BCUT2D eigenvalue weighted by Crippen LogP contribution is 2.24. The molecule has 0 amide bonds. The molecule has 1 aromatic rings. The molecule has 2 heterocycles. The third kappa shape index (κ3) is 2.25. The number of hydrogen-bond acceptors (Lipinski definition) is 3. The Bertz CT molecular complexity index is 324. The quantitative estimate of drug-likeness (QED) is 0.878. The lowest BCUT2D eigenvalue weighted by Gasteiger charge is -2.12. The van der Waals surface area contributed by atoms with E-state index in [2.05, 4.69) is 26.2 Å². The standard InChI is InChI=1S/C10H13BrN2O/c1-7-2-3-9(11)10(13-7)14-8-4-5-12-6-8/h2-3,8,12H,4-6H2,1H3. The van der Waals surface area contributed by atoms with E-state index in [1.54, 1.807) is 0 Å². The number of halogens is 1. The molecule has 1 saturated heterocycles. The summed E-state index contributed by atoms with van der Waals surface area (Å²) in [6.07, 6.45) is 1.32. The van der Waals surface area contributed by atoms with Crippen molar-refractivity contribution >= 4 is 15.9 Å². The molecule has 76 valence electrons. The minimum Gasteiger partial charge on any atom is -0.472 e. The van der Waals surface area contributed by atoms with Gasteiger partial charge in [0.2, 0.25) is 5.88 Å². The predicted molar refractivity (Wildman–Crippen MR) is 58.6 cm³/mol. The van der Waals surface area contributed by atoms with Crippen LogP contribution in [0.25, 0.3) is 0 Å². The molecule has 0 bridgehead atoms. The predicted octanol–water partition coefficient (Wildman–Crippen LogP) is 1.89. The van der Waals surface area contributed by atoms with Crippen molar-refractivity contribution in [1.29, 1.82) is 0 Å². The van der Waals surface area contributed by atoms with Crippen LogP contribution in [0.3, 0.4) is 0 Å². The highest BCUT2D eigenvalue weighted by molar-refractivity contribution is 9.10. The van der Waals surface area contributed by atoms with Gasteiger partial charge in [-0.25, -0.2) is 4.98 Å². The fourth-order valence-electron chi connectivity index (χ4n) is 1.49. The Morgan fingerprint density at radius 1 is 1.57 bits per heavy atom. The molecular formula is C10H13BrN2O. The molecule has 1 unspecified atom stereocenters. The number of ether oxygens (including phenoxy) is 1. The topological polar surface area (TPSA) is 34.1 Å². The van der Waals surface area contributed by atoms with Crippen molar-refractivity contribution in [1.82, 2.24) is 10.3 Å². The minimum atomic E-state index is 0.264. The Labute approximate surface area is 92.0 Å². The Hall–Kier alpha value is -0.610. The number of nitrogens with one attached hydrogen (secondary N) is 1. The van der Waals surface area contributed by atoms with Crippen LogP contribution in [-0.4, -0.2) is 24.2 Å². The van der Waals surface area contributed by atoms with E-state index in [9.17, 15) is 0 Å². The average Bonchev–Trinajstić information content (AvgIpc) is 2.64. The second-order valence-corrected chi connectivity index (χ2v) is 4.33. The first-order valence-corrected chi connectivity index (χ1v) is 5.55. The van der Waals surface area contributed by atoms with Crippen LogP contribution in [0, 0.1) is 6.92 Å². The normalized spacial score (nSPS) is 21.1. The number of rotatable bonds is 2. The van der Waals surface area contributed by atoms with E-state index in [1.807, 2.05) is 19.1 Å². The van der Waals surface area contributed by atoms with Crippen molar-refractivity contribution in [3.05, 3.63) is 22.3 Å². The summed E-state index contributed by atoms with van der Waals surface area (Å²) in [5, 5.41) is 3.26. The summed E-state index contributed by atoms with van der Waals surface area (Å²) in [6.45, 7) is 3.92. The zero-order chi connectivity index (χ0) is 9.97. The molecule has 0 radical (unpaired) electrons. The van der Waals surface area contributed by atoms with E-state index < -0.39 is 0 Å². The fraction of sp³-hybridized carbons (Fsp3) is 0.500. The summed E-state index contributed by atoms with van der Waals surface area (Å²) >= 11 is 3.43. The van der Waals surface area contributed by atoms with Gasteiger partial charge in [-0.05, 0) is 48.0 Å². The lowest BCUT2D eigenvalue weighted by atomic mass is 10.3. The molecule has 0 aromatic carbocycles. The van der Waals surface area contributed by atoms with Crippen LogP contribution in [0.4, 0.5) is 0 Å². The highest BCUT2D eigenvalue weighted by Gasteiger charge is 2.17. The van der Waals surface area contributed by atoms with Gasteiger partial charge in [0, 0.05) is 12.2 Å². The van der Waals surface area contributed by atoms with Gasteiger partial charge in [-0.15, -0.1) is 0 Å². The fourth-order valence-corrected chi connectivity index (χ4v) is 1.80. The Morgan fingerprint density at radius 2 is 2.43 bits per heavy atom. The molecule has 0 aliphatic carbocycles. The van der Waals surface area contributed by atoms with E-state index in [4.69, 9.17) is 4.74 Å². The van der Waals surface area contributed by atoms with E-state index in [0.717, 1.165) is 29.7 Å². The van der Waals surface area contributed by atoms with Crippen LogP contribution >= 0.6 is 15.9 Å². The third-order valence-corrected chi connectivity index (χ3v) is 2.85. The van der Waals surface area contributed by atoms with E-state index in [1.165, 1.54) is 0 Å². The molecule has 0 saturated carbocycles. The van der Waals surface area contributed by atoms with Crippen molar-refractivity contribution < 1.29 is 4.74 Å². The van der Waals surface area contributed by atoms with Crippen LogP contribution in [0.15, 0.2) is 16.6 Å². The SMILES string of the molecule is Cc1ccc(Br)c(OC2CCNC2)n1. The van der Waals surface area contributed by atoms with E-state index in [0.29, 0.717) is 5.88 Å². The highest BCUT2D eigenvalue weighted by atomic mass is 79.9. The number of nitrogens with zero attached hydrogens (tertiary/aromatic N) is 1. The summed E-state index contributed by atoms with van der Waals surface area (Å²) in [4.78, 5) is 4.34. The maximum absolute atomic E-state index is 5.77. The monoisotopic (exact) mass is 256 g/mol.